The molecule has 0 aromatic heterocycles. The van der Waals surface area contributed by atoms with Crippen LogP contribution in [0.5, 0.6) is 11.5 Å². The number of rotatable bonds is 9. The minimum absolute atomic E-state index is 0.0827. The van der Waals surface area contributed by atoms with E-state index >= 15 is 0 Å². The van der Waals surface area contributed by atoms with Gasteiger partial charge in [-0.15, -0.1) is 0 Å². The van der Waals surface area contributed by atoms with Gasteiger partial charge >= 0.3 is 0 Å². The van der Waals surface area contributed by atoms with Gasteiger partial charge in [-0.25, -0.2) is 0 Å². The maximum absolute atomic E-state index is 12.3. The molecule has 0 saturated carbocycles. The molecule has 27 heavy (non-hydrogen) atoms. The average molecular weight is 368 g/mol. The maximum atomic E-state index is 12.3. The highest BCUT2D eigenvalue weighted by molar-refractivity contribution is 6.01. The van der Waals surface area contributed by atoms with Gasteiger partial charge in [0.15, 0.2) is 11.5 Å². The van der Waals surface area contributed by atoms with E-state index in [2.05, 4.69) is 17.6 Å². The standard InChI is InChI=1S/C22H28N2O3/c1-3-4-5-6-9-14-27-19-13-12-16(15-20(19)26-2)21-23-18-11-8-7-10-17(18)22(25)24-21/h7-8,10-13,15,21,23H,3-6,9,14H2,1-2H3,(H,24,25). The van der Waals surface area contributed by atoms with E-state index in [1.54, 1.807) is 7.11 Å². The van der Waals surface area contributed by atoms with Crippen LogP contribution in [0.2, 0.25) is 0 Å². The summed E-state index contributed by atoms with van der Waals surface area (Å²) >= 11 is 0. The van der Waals surface area contributed by atoms with Crippen molar-refractivity contribution in [1.82, 2.24) is 5.32 Å². The summed E-state index contributed by atoms with van der Waals surface area (Å²) in [7, 11) is 1.63. The van der Waals surface area contributed by atoms with Crippen molar-refractivity contribution in [2.45, 2.75) is 45.2 Å². The van der Waals surface area contributed by atoms with Crippen molar-refractivity contribution in [3.63, 3.8) is 0 Å². The minimum atomic E-state index is -0.301. The van der Waals surface area contributed by atoms with Crippen molar-refractivity contribution >= 4 is 11.6 Å². The quantitative estimate of drug-likeness (QED) is 0.618. The number of carbonyl (C=O) groups is 1. The summed E-state index contributed by atoms with van der Waals surface area (Å²) in [5.41, 5.74) is 2.41. The average Bonchev–Trinajstić information content (AvgIpc) is 2.70. The van der Waals surface area contributed by atoms with E-state index in [1.165, 1.54) is 25.7 Å². The normalized spacial score (nSPS) is 15.5. The lowest BCUT2D eigenvalue weighted by Crippen LogP contribution is -2.38. The zero-order valence-electron chi connectivity index (χ0n) is 16.1. The van der Waals surface area contributed by atoms with Gasteiger partial charge in [-0.1, -0.05) is 50.8 Å². The van der Waals surface area contributed by atoms with Gasteiger partial charge in [0, 0.05) is 5.69 Å². The lowest BCUT2D eigenvalue weighted by atomic mass is 10.1. The highest BCUT2D eigenvalue weighted by atomic mass is 16.5. The van der Waals surface area contributed by atoms with Gasteiger partial charge in [0.1, 0.15) is 6.17 Å². The summed E-state index contributed by atoms with van der Waals surface area (Å²) in [5.74, 6) is 1.33. The van der Waals surface area contributed by atoms with Crippen molar-refractivity contribution in [3.05, 3.63) is 53.6 Å². The van der Waals surface area contributed by atoms with Crippen molar-refractivity contribution in [2.75, 3.05) is 19.0 Å². The molecule has 0 radical (unpaired) electrons. The van der Waals surface area contributed by atoms with Crippen molar-refractivity contribution in [1.29, 1.82) is 0 Å². The molecule has 0 aliphatic carbocycles. The van der Waals surface area contributed by atoms with Crippen LogP contribution in [-0.4, -0.2) is 19.6 Å². The molecule has 144 valence electrons. The smallest absolute Gasteiger partial charge is 0.255 e. The molecule has 1 aliphatic rings. The fourth-order valence-corrected chi connectivity index (χ4v) is 3.24. The summed E-state index contributed by atoms with van der Waals surface area (Å²) in [6.07, 6.45) is 5.70. The van der Waals surface area contributed by atoms with Gasteiger partial charge in [-0.3, -0.25) is 4.79 Å². The summed E-state index contributed by atoms with van der Waals surface area (Å²) in [4.78, 5) is 12.3. The number of hydrogen-bond donors (Lipinski definition) is 2. The van der Waals surface area contributed by atoms with E-state index in [4.69, 9.17) is 9.47 Å². The molecule has 5 heteroatoms. The first-order valence-electron chi connectivity index (χ1n) is 9.70. The first-order chi connectivity index (χ1) is 13.2. The van der Waals surface area contributed by atoms with Gasteiger partial charge in [0.2, 0.25) is 0 Å². The van der Waals surface area contributed by atoms with Crippen LogP contribution in [0.3, 0.4) is 0 Å². The van der Waals surface area contributed by atoms with Crippen LogP contribution >= 0.6 is 0 Å². The number of benzene rings is 2. The minimum Gasteiger partial charge on any atom is -0.493 e. The lowest BCUT2D eigenvalue weighted by Gasteiger charge is -2.28. The molecule has 3 rings (SSSR count). The monoisotopic (exact) mass is 368 g/mol. The summed E-state index contributed by atoms with van der Waals surface area (Å²) < 4.78 is 11.4. The lowest BCUT2D eigenvalue weighted by molar-refractivity contribution is 0.0935. The molecule has 1 amide bonds. The molecule has 0 spiro atoms. The van der Waals surface area contributed by atoms with Crippen LogP contribution in [0.25, 0.3) is 0 Å². The molecular formula is C22H28N2O3. The molecule has 1 aliphatic heterocycles. The third-order valence-corrected chi connectivity index (χ3v) is 4.77. The Bertz CT molecular complexity index is 776. The van der Waals surface area contributed by atoms with Crippen LogP contribution in [0.15, 0.2) is 42.5 Å². The number of ether oxygens (including phenoxy) is 2. The predicted molar refractivity (Wildman–Crippen MR) is 108 cm³/mol. The zero-order valence-corrected chi connectivity index (χ0v) is 16.1. The van der Waals surface area contributed by atoms with Crippen molar-refractivity contribution < 1.29 is 14.3 Å². The fourth-order valence-electron chi connectivity index (χ4n) is 3.24. The highest BCUT2D eigenvalue weighted by Crippen LogP contribution is 2.33. The van der Waals surface area contributed by atoms with Crippen LogP contribution in [0, 0.1) is 0 Å². The predicted octanol–water partition coefficient (Wildman–Crippen LogP) is 4.90. The van der Waals surface area contributed by atoms with Gasteiger partial charge in [0.25, 0.3) is 5.91 Å². The van der Waals surface area contributed by atoms with Crippen LogP contribution in [0.1, 0.15) is 61.1 Å². The van der Waals surface area contributed by atoms with Gasteiger partial charge < -0.3 is 20.1 Å². The number of nitrogens with one attached hydrogen (secondary N) is 2. The Labute approximate surface area is 161 Å². The summed E-state index contributed by atoms with van der Waals surface area (Å²) in [5, 5.41) is 6.34. The third-order valence-electron chi connectivity index (χ3n) is 4.77. The van der Waals surface area contributed by atoms with Crippen LogP contribution in [-0.2, 0) is 0 Å². The second-order valence-corrected chi connectivity index (χ2v) is 6.77. The number of anilines is 1. The zero-order chi connectivity index (χ0) is 19.1. The van der Waals surface area contributed by atoms with Gasteiger partial charge in [0.05, 0.1) is 19.3 Å². The molecule has 2 aromatic rings. The molecule has 0 fully saturated rings. The first-order valence-corrected chi connectivity index (χ1v) is 9.70. The largest absolute Gasteiger partial charge is 0.493 e. The Morgan fingerprint density at radius 2 is 1.78 bits per heavy atom. The highest BCUT2D eigenvalue weighted by Gasteiger charge is 2.24. The molecular weight excluding hydrogens is 340 g/mol. The number of fused-ring (bicyclic) bond motifs is 1. The van der Waals surface area contributed by atoms with E-state index in [0.717, 1.165) is 23.4 Å². The Kier molecular flexibility index (Phi) is 6.58. The first kappa shape index (κ1) is 19.1. The van der Waals surface area contributed by atoms with Crippen LogP contribution < -0.4 is 20.1 Å². The molecule has 1 unspecified atom stereocenters. The Balaban J connectivity index is 1.65. The van der Waals surface area contributed by atoms with Crippen molar-refractivity contribution in [2.24, 2.45) is 0 Å². The number of hydrogen-bond acceptors (Lipinski definition) is 4. The Morgan fingerprint density at radius 1 is 0.963 bits per heavy atom. The summed E-state index contributed by atoms with van der Waals surface area (Å²) in [6.45, 7) is 2.90. The Morgan fingerprint density at radius 3 is 2.59 bits per heavy atom. The van der Waals surface area contributed by atoms with E-state index < -0.39 is 0 Å². The second-order valence-electron chi connectivity index (χ2n) is 6.77. The topological polar surface area (TPSA) is 59.6 Å². The molecule has 0 bridgehead atoms. The fraction of sp³-hybridized carbons (Fsp3) is 0.409. The van der Waals surface area contributed by atoms with E-state index in [9.17, 15) is 4.79 Å². The number of unbranched alkanes of at least 4 members (excludes halogenated alkanes) is 4. The van der Waals surface area contributed by atoms with E-state index in [0.29, 0.717) is 17.9 Å². The number of para-hydroxylation sites is 1. The van der Waals surface area contributed by atoms with Crippen LogP contribution in [0.4, 0.5) is 5.69 Å². The number of carbonyl (C=O) groups excluding carboxylic acids is 1. The number of methoxy groups -OCH3 is 1. The third kappa shape index (κ3) is 4.73. The Hall–Kier alpha value is -2.69. The molecule has 2 aromatic carbocycles. The van der Waals surface area contributed by atoms with Gasteiger partial charge in [-0.2, -0.15) is 0 Å². The van der Waals surface area contributed by atoms with E-state index in [-0.39, 0.29) is 12.1 Å². The van der Waals surface area contributed by atoms with Gasteiger partial charge in [-0.05, 0) is 36.2 Å². The molecule has 1 heterocycles. The number of amides is 1. The second kappa shape index (κ2) is 9.31. The van der Waals surface area contributed by atoms with Crippen molar-refractivity contribution in [3.8, 4) is 11.5 Å². The van der Waals surface area contributed by atoms with E-state index in [1.807, 2.05) is 42.5 Å². The SMILES string of the molecule is CCCCCCCOc1ccc(C2NC(=O)c3ccccc3N2)cc1OC. The summed E-state index contributed by atoms with van der Waals surface area (Å²) in [6, 6.07) is 13.3. The molecule has 2 N–H and O–H groups in total. The molecule has 1 atom stereocenters. The maximum Gasteiger partial charge on any atom is 0.255 e. The molecule has 0 saturated heterocycles. The molecule has 5 nitrogen and oxygen atoms in total.